The molecule has 130 valence electrons. The Labute approximate surface area is 144 Å². The van der Waals surface area contributed by atoms with E-state index in [0.29, 0.717) is 11.3 Å². The summed E-state index contributed by atoms with van der Waals surface area (Å²) >= 11 is 0. The predicted molar refractivity (Wildman–Crippen MR) is 95.3 cm³/mol. The van der Waals surface area contributed by atoms with Crippen molar-refractivity contribution in [2.45, 2.75) is 71.3 Å². The lowest BCUT2D eigenvalue weighted by molar-refractivity contribution is -0.116. The van der Waals surface area contributed by atoms with Gasteiger partial charge in [-0.25, -0.2) is 0 Å². The van der Waals surface area contributed by atoms with E-state index >= 15 is 0 Å². The van der Waals surface area contributed by atoms with Crippen molar-refractivity contribution in [2.24, 2.45) is 28.6 Å². The fourth-order valence-electron chi connectivity index (χ4n) is 7.21. The van der Waals surface area contributed by atoms with Crippen molar-refractivity contribution < 1.29 is 5.11 Å². The van der Waals surface area contributed by atoms with Crippen LogP contribution in [0.4, 0.5) is 0 Å². The molecule has 0 aromatic carbocycles. The van der Waals surface area contributed by atoms with Gasteiger partial charge in [0, 0.05) is 0 Å². The van der Waals surface area contributed by atoms with E-state index in [1.165, 1.54) is 43.4 Å². The molecule has 0 amide bonds. The third-order valence-corrected chi connectivity index (χ3v) is 8.93. The van der Waals surface area contributed by atoms with Crippen molar-refractivity contribution in [2.75, 3.05) is 0 Å². The summed E-state index contributed by atoms with van der Waals surface area (Å²) < 4.78 is 0. The first kappa shape index (κ1) is 15.2. The van der Waals surface area contributed by atoms with Crippen LogP contribution in [0.5, 0.6) is 0 Å². The summed E-state index contributed by atoms with van der Waals surface area (Å²) in [7, 11) is 0. The number of hydrogen-bond donors (Lipinski definition) is 2. The molecule has 4 aliphatic carbocycles. The molecule has 0 saturated heterocycles. The molecule has 0 spiro atoms. The molecule has 2 N–H and O–H groups in total. The number of aliphatic hydroxyl groups is 1. The molecule has 4 aliphatic rings. The van der Waals surface area contributed by atoms with Crippen LogP contribution in [0.2, 0.25) is 0 Å². The summed E-state index contributed by atoms with van der Waals surface area (Å²) in [6, 6.07) is 0. The van der Waals surface area contributed by atoms with E-state index in [1.807, 2.05) is 6.20 Å². The van der Waals surface area contributed by atoms with Gasteiger partial charge in [-0.15, -0.1) is 0 Å². The summed E-state index contributed by atoms with van der Waals surface area (Å²) in [6.07, 6.45) is 12.8. The van der Waals surface area contributed by atoms with Crippen LogP contribution in [0.25, 0.3) is 6.08 Å². The Bertz CT molecular complexity index is 717. The van der Waals surface area contributed by atoms with E-state index in [0.717, 1.165) is 24.7 Å². The third kappa shape index (κ3) is 1.70. The normalized spacial score (nSPS) is 49.7. The summed E-state index contributed by atoms with van der Waals surface area (Å²) in [5.41, 5.74) is 4.24. The first-order valence-electron chi connectivity index (χ1n) is 9.81. The Morgan fingerprint density at radius 2 is 1.92 bits per heavy atom. The van der Waals surface area contributed by atoms with Gasteiger partial charge in [-0.2, -0.15) is 5.10 Å². The van der Waals surface area contributed by atoms with Gasteiger partial charge in [0.05, 0.1) is 17.5 Å². The molecule has 3 saturated carbocycles. The molecule has 3 fully saturated rings. The highest BCUT2D eigenvalue weighted by atomic mass is 16.3. The average Bonchev–Trinajstić information content (AvgIpc) is 3.06. The van der Waals surface area contributed by atoms with Gasteiger partial charge in [-0.3, -0.25) is 5.10 Å². The minimum Gasteiger partial charge on any atom is -0.390 e. The summed E-state index contributed by atoms with van der Waals surface area (Å²) in [6.45, 7) is 6.99. The molecule has 0 unspecified atom stereocenters. The molecule has 1 aromatic heterocycles. The van der Waals surface area contributed by atoms with Crippen molar-refractivity contribution in [1.82, 2.24) is 10.2 Å². The topological polar surface area (TPSA) is 48.9 Å². The zero-order chi connectivity index (χ0) is 16.7. The number of aromatic amines is 1. The first-order valence-corrected chi connectivity index (χ1v) is 9.81. The second-order valence-electron chi connectivity index (χ2n) is 9.76. The summed E-state index contributed by atoms with van der Waals surface area (Å²) in [5, 5.41) is 18.5. The molecule has 0 radical (unpaired) electrons. The maximum absolute atomic E-state index is 11.0. The molecule has 3 heteroatoms. The van der Waals surface area contributed by atoms with Crippen molar-refractivity contribution >= 4 is 6.08 Å². The molecule has 1 heterocycles. The maximum Gasteiger partial charge on any atom is 0.0675 e. The standard InChI is InChI=1S/C21H30N2O/c1-19-11-13-12-22-23-18(13)10-14(19)4-5-15-16(19)6-8-20(2)17(15)7-9-21(20,3)24/h10,12,15-17,24H,4-9,11H2,1-3H3,(H,22,23)/t15-,16-,17-,19+,20+,21+/m0/s1. The van der Waals surface area contributed by atoms with Crippen molar-refractivity contribution in [3.05, 3.63) is 23.0 Å². The Morgan fingerprint density at radius 3 is 2.75 bits per heavy atom. The van der Waals surface area contributed by atoms with Crippen molar-refractivity contribution in [3.63, 3.8) is 0 Å². The van der Waals surface area contributed by atoms with Crippen molar-refractivity contribution in [3.8, 4) is 0 Å². The SMILES string of the molecule is C[C@@]12Cc3cn[nH]c3C=C1CC[C@H]1[C@@H]2CC[C@]2(C)[C@H]1CC[C@@]2(C)O. The molecule has 1 aromatic rings. The van der Waals surface area contributed by atoms with Gasteiger partial charge in [-0.1, -0.05) is 19.4 Å². The number of fused-ring (bicyclic) bond motifs is 6. The van der Waals surface area contributed by atoms with E-state index in [-0.39, 0.29) is 5.41 Å². The third-order valence-electron chi connectivity index (χ3n) is 8.93. The van der Waals surface area contributed by atoms with Gasteiger partial charge in [-0.05, 0) is 92.1 Å². The predicted octanol–water partition coefficient (Wildman–Crippen LogP) is 4.34. The largest absolute Gasteiger partial charge is 0.390 e. The highest BCUT2D eigenvalue weighted by molar-refractivity contribution is 5.58. The van der Waals surface area contributed by atoms with Crippen LogP contribution in [-0.4, -0.2) is 20.9 Å². The van der Waals surface area contributed by atoms with Gasteiger partial charge in [0.15, 0.2) is 0 Å². The number of hydrogen-bond acceptors (Lipinski definition) is 2. The number of nitrogens with one attached hydrogen (secondary N) is 1. The quantitative estimate of drug-likeness (QED) is 0.745. The van der Waals surface area contributed by atoms with Gasteiger partial charge < -0.3 is 5.11 Å². The second-order valence-corrected chi connectivity index (χ2v) is 9.76. The molecular weight excluding hydrogens is 296 g/mol. The smallest absolute Gasteiger partial charge is 0.0675 e. The summed E-state index contributed by atoms with van der Waals surface area (Å²) in [4.78, 5) is 0. The monoisotopic (exact) mass is 326 g/mol. The Balaban J connectivity index is 1.53. The number of H-pyrrole nitrogens is 1. The fraction of sp³-hybridized carbons (Fsp3) is 0.762. The summed E-state index contributed by atoms with van der Waals surface area (Å²) in [5.74, 6) is 2.26. The fourth-order valence-corrected chi connectivity index (χ4v) is 7.21. The lowest BCUT2D eigenvalue weighted by atomic mass is 9.46. The molecule has 0 bridgehead atoms. The first-order chi connectivity index (χ1) is 11.4. The van der Waals surface area contributed by atoms with Gasteiger partial charge in [0.2, 0.25) is 0 Å². The zero-order valence-corrected chi connectivity index (χ0v) is 15.2. The highest BCUT2D eigenvalue weighted by Gasteiger charge is 2.62. The van der Waals surface area contributed by atoms with Gasteiger partial charge in [0.1, 0.15) is 0 Å². The average molecular weight is 326 g/mol. The van der Waals surface area contributed by atoms with E-state index in [4.69, 9.17) is 0 Å². The zero-order valence-electron chi connectivity index (χ0n) is 15.2. The minimum atomic E-state index is -0.468. The number of rotatable bonds is 0. The Kier molecular flexibility index (Phi) is 2.88. The Morgan fingerprint density at radius 1 is 1.12 bits per heavy atom. The highest BCUT2D eigenvalue weighted by Crippen LogP contribution is 2.67. The second kappa shape index (κ2) is 4.55. The maximum atomic E-state index is 11.0. The van der Waals surface area contributed by atoms with E-state index in [9.17, 15) is 5.11 Å². The van der Waals surface area contributed by atoms with E-state index in [1.54, 1.807) is 5.57 Å². The van der Waals surface area contributed by atoms with E-state index in [2.05, 4.69) is 37.0 Å². The molecule has 5 rings (SSSR count). The molecule has 24 heavy (non-hydrogen) atoms. The lowest BCUT2D eigenvalue weighted by Crippen LogP contribution is -2.54. The van der Waals surface area contributed by atoms with Gasteiger partial charge >= 0.3 is 0 Å². The Hall–Kier alpha value is -1.09. The number of allylic oxidation sites excluding steroid dienone is 1. The molecular formula is C21H30N2O. The van der Waals surface area contributed by atoms with Crippen LogP contribution in [0, 0.1) is 28.6 Å². The number of aromatic nitrogens is 2. The van der Waals surface area contributed by atoms with Crippen LogP contribution in [0.1, 0.15) is 70.6 Å². The van der Waals surface area contributed by atoms with Crippen LogP contribution in [0.3, 0.4) is 0 Å². The number of nitrogens with zero attached hydrogens (tertiary/aromatic N) is 1. The molecule has 3 nitrogen and oxygen atoms in total. The molecule has 0 aliphatic heterocycles. The van der Waals surface area contributed by atoms with Crippen molar-refractivity contribution in [1.29, 1.82) is 0 Å². The van der Waals surface area contributed by atoms with E-state index < -0.39 is 5.60 Å². The lowest BCUT2D eigenvalue weighted by Gasteiger charge is -2.58. The minimum absolute atomic E-state index is 0.126. The van der Waals surface area contributed by atoms with Gasteiger partial charge in [0.25, 0.3) is 0 Å². The van der Waals surface area contributed by atoms with Crippen LogP contribution >= 0.6 is 0 Å². The van der Waals surface area contributed by atoms with Crippen LogP contribution < -0.4 is 0 Å². The van der Waals surface area contributed by atoms with Crippen LogP contribution in [-0.2, 0) is 6.42 Å². The van der Waals surface area contributed by atoms with Crippen LogP contribution in [0.15, 0.2) is 11.8 Å². The molecule has 6 atom stereocenters.